The molecule has 3 N–H and O–H groups in total. The molecular weight excluding hydrogens is 318 g/mol. The summed E-state index contributed by atoms with van der Waals surface area (Å²) in [5, 5.41) is 8.31. The van der Waals surface area contributed by atoms with E-state index in [2.05, 4.69) is 4.90 Å². The Morgan fingerprint density at radius 2 is 1.80 bits per heavy atom. The molecular formula is C18H22N5O2. The molecule has 3 heterocycles. The van der Waals surface area contributed by atoms with Gasteiger partial charge in [0.15, 0.2) is 0 Å². The van der Waals surface area contributed by atoms with Gasteiger partial charge >= 0.3 is 6.03 Å². The Labute approximate surface area is 146 Å². The van der Waals surface area contributed by atoms with Gasteiger partial charge < -0.3 is 15.5 Å². The van der Waals surface area contributed by atoms with Crippen molar-refractivity contribution in [2.24, 2.45) is 5.73 Å². The SMILES string of the molecule is N=C(c1ccc(N2C[C@@]3(C(N)=O)[CH]CCN3C2=O)cc1)N1CCCC1. The molecule has 4 rings (SSSR count). The molecule has 0 bridgehead atoms. The average molecular weight is 340 g/mol. The van der Waals surface area contributed by atoms with E-state index in [1.807, 2.05) is 30.7 Å². The summed E-state index contributed by atoms with van der Waals surface area (Å²) in [7, 11) is 0. The minimum absolute atomic E-state index is 0.185. The Hall–Kier alpha value is -2.57. The first-order chi connectivity index (χ1) is 12.0. The molecule has 25 heavy (non-hydrogen) atoms. The number of hydrogen-bond acceptors (Lipinski definition) is 3. The van der Waals surface area contributed by atoms with Crippen LogP contribution in [0.25, 0.3) is 0 Å². The summed E-state index contributed by atoms with van der Waals surface area (Å²) in [6.07, 6.45) is 4.80. The van der Waals surface area contributed by atoms with Gasteiger partial charge in [-0.3, -0.25) is 15.1 Å². The second-order valence-corrected chi connectivity index (χ2v) is 6.89. The third-order valence-corrected chi connectivity index (χ3v) is 5.48. The second-order valence-electron chi connectivity index (χ2n) is 6.89. The van der Waals surface area contributed by atoms with E-state index in [0.29, 0.717) is 18.8 Å². The van der Waals surface area contributed by atoms with E-state index in [-0.39, 0.29) is 12.6 Å². The third-order valence-electron chi connectivity index (χ3n) is 5.48. The van der Waals surface area contributed by atoms with Crippen molar-refractivity contribution in [3.63, 3.8) is 0 Å². The maximum Gasteiger partial charge on any atom is 0.325 e. The number of rotatable bonds is 3. The minimum Gasteiger partial charge on any atom is -0.368 e. The topological polar surface area (TPSA) is 93.7 Å². The van der Waals surface area contributed by atoms with E-state index in [9.17, 15) is 9.59 Å². The van der Waals surface area contributed by atoms with Crippen LogP contribution in [-0.4, -0.2) is 59.3 Å². The van der Waals surface area contributed by atoms with E-state index >= 15 is 0 Å². The van der Waals surface area contributed by atoms with E-state index < -0.39 is 11.4 Å². The fraction of sp³-hybridized carbons (Fsp3) is 0.444. The summed E-state index contributed by atoms with van der Waals surface area (Å²) >= 11 is 0. The zero-order valence-electron chi connectivity index (χ0n) is 14.1. The molecule has 3 aliphatic rings. The van der Waals surface area contributed by atoms with Crippen LogP contribution in [0.2, 0.25) is 0 Å². The number of primary amides is 1. The molecule has 0 saturated carbocycles. The van der Waals surface area contributed by atoms with Crippen molar-refractivity contribution in [1.29, 1.82) is 5.41 Å². The van der Waals surface area contributed by atoms with Crippen LogP contribution in [0.1, 0.15) is 24.8 Å². The lowest BCUT2D eigenvalue weighted by Gasteiger charge is -2.25. The van der Waals surface area contributed by atoms with Crippen molar-refractivity contribution in [3.05, 3.63) is 36.2 Å². The van der Waals surface area contributed by atoms with E-state index in [4.69, 9.17) is 11.1 Å². The normalized spacial score (nSPS) is 25.6. The summed E-state index contributed by atoms with van der Waals surface area (Å²) in [6, 6.07) is 7.24. The van der Waals surface area contributed by atoms with Gasteiger partial charge in [0, 0.05) is 37.3 Å². The second kappa shape index (κ2) is 5.75. The molecule has 131 valence electrons. The number of carbonyl (C=O) groups excluding carboxylic acids is 2. The van der Waals surface area contributed by atoms with Crippen molar-refractivity contribution in [2.45, 2.75) is 24.8 Å². The van der Waals surface area contributed by atoms with Gasteiger partial charge in [-0.25, -0.2) is 4.79 Å². The summed E-state index contributed by atoms with van der Waals surface area (Å²) in [4.78, 5) is 29.9. The zero-order valence-corrected chi connectivity index (χ0v) is 14.1. The maximum absolute atomic E-state index is 12.7. The molecule has 3 amide bonds. The monoisotopic (exact) mass is 340 g/mol. The number of amidine groups is 1. The molecule has 1 radical (unpaired) electrons. The molecule has 1 atom stereocenters. The standard InChI is InChI=1S/C18H22N5O2/c19-15(21-9-1-2-10-21)13-4-6-14(7-5-13)22-12-18(16(20)24)8-3-11-23(18)17(22)25/h4-8,19H,1-3,9-12H2,(H2,20,24)/t18-/m1/s1. The highest BCUT2D eigenvalue weighted by molar-refractivity contribution is 6.04. The first kappa shape index (κ1) is 15.9. The summed E-state index contributed by atoms with van der Waals surface area (Å²) < 4.78 is 0. The molecule has 0 unspecified atom stereocenters. The number of hydrogen-bond donors (Lipinski definition) is 2. The number of fused-ring (bicyclic) bond motifs is 1. The predicted octanol–water partition coefficient (Wildman–Crippen LogP) is 1.18. The molecule has 0 spiro atoms. The smallest absolute Gasteiger partial charge is 0.325 e. The number of anilines is 1. The van der Waals surface area contributed by atoms with Crippen LogP contribution in [-0.2, 0) is 4.79 Å². The van der Waals surface area contributed by atoms with E-state index in [1.165, 1.54) is 0 Å². The molecule has 3 fully saturated rings. The van der Waals surface area contributed by atoms with Gasteiger partial charge in [0.2, 0.25) is 5.91 Å². The van der Waals surface area contributed by atoms with Crippen molar-refractivity contribution >= 4 is 23.5 Å². The fourth-order valence-electron chi connectivity index (χ4n) is 4.05. The minimum atomic E-state index is -0.988. The lowest BCUT2D eigenvalue weighted by Crippen LogP contribution is -2.53. The number of likely N-dealkylation sites (tertiary alicyclic amines) is 1. The van der Waals surface area contributed by atoms with Crippen molar-refractivity contribution < 1.29 is 9.59 Å². The Kier molecular flexibility index (Phi) is 3.67. The molecule has 7 nitrogen and oxygen atoms in total. The molecule has 0 aromatic heterocycles. The number of urea groups is 1. The highest BCUT2D eigenvalue weighted by Gasteiger charge is 2.56. The van der Waals surface area contributed by atoms with E-state index in [0.717, 1.165) is 37.2 Å². The van der Waals surface area contributed by atoms with Gasteiger partial charge in [0.25, 0.3) is 0 Å². The first-order valence-corrected chi connectivity index (χ1v) is 8.70. The molecule has 3 aliphatic heterocycles. The maximum atomic E-state index is 12.7. The molecule has 1 aromatic carbocycles. The number of amides is 3. The van der Waals surface area contributed by atoms with Gasteiger partial charge in [0.05, 0.1) is 6.54 Å². The van der Waals surface area contributed by atoms with Gasteiger partial charge in [-0.15, -0.1) is 0 Å². The lowest BCUT2D eigenvalue weighted by molar-refractivity contribution is -0.124. The van der Waals surface area contributed by atoms with Crippen LogP contribution < -0.4 is 10.6 Å². The number of nitrogens with one attached hydrogen (secondary N) is 1. The first-order valence-electron chi connectivity index (χ1n) is 8.70. The third kappa shape index (κ3) is 2.37. The van der Waals surface area contributed by atoms with E-state index in [1.54, 1.807) is 9.80 Å². The predicted molar refractivity (Wildman–Crippen MR) is 94.4 cm³/mol. The molecule has 3 saturated heterocycles. The van der Waals surface area contributed by atoms with Gasteiger partial charge in [-0.2, -0.15) is 0 Å². The average Bonchev–Trinajstić information content (AvgIpc) is 3.32. The van der Waals surface area contributed by atoms with Gasteiger partial charge in [-0.1, -0.05) is 0 Å². The highest BCUT2D eigenvalue weighted by Crippen LogP contribution is 2.38. The van der Waals surface area contributed by atoms with Gasteiger partial charge in [0.1, 0.15) is 11.4 Å². The van der Waals surface area contributed by atoms with Crippen LogP contribution in [0.3, 0.4) is 0 Å². The Morgan fingerprint density at radius 1 is 1.12 bits per heavy atom. The van der Waals surface area contributed by atoms with Gasteiger partial charge in [-0.05, 0) is 43.5 Å². The number of benzene rings is 1. The quantitative estimate of drug-likeness (QED) is 0.639. The Bertz CT molecular complexity index is 725. The molecule has 7 heteroatoms. The van der Waals surface area contributed by atoms with Crippen LogP contribution in [0.15, 0.2) is 24.3 Å². The Balaban J connectivity index is 1.55. The summed E-state index contributed by atoms with van der Waals surface area (Å²) in [5.41, 5.74) is 6.17. The van der Waals surface area contributed by atoms with Crippen molar-refractivity contribution in [2.75, 3.05) is 31.1 Å². The fourth-order valence-corrected chi connectivity index (χ4v) is 4.05. The van der Waals surface area contributed by atoms with Crippen LogP contribution in [0.5, 0.6) is 0 Å². The number of carbonyl (C=O) groups is 2. The molecule has 1 aromatic rings. The largest absolute Gasteiger partial charge is 0.368 e. The van der Waals surface area contributed by atoms with Crippen LogP contribution in [0, 0.1) is 11.8 Å². The Morgan fingerprint density at radius 3 is 2.40 bits per heavy atom. The summed E-state index contributed by atoms with van der Waals surface area (Å²) in [6.45, 7) is 2.63. The lowest BCUT2D eigenvalue weighted by atomic mass is 9.96. The van der Waals surface area contributed by atoms with Crippen molar-refractivity contribution in [1.82, 2.24) is 9.80 Å². The van der Waals surface area contributed by atoms with Crippen LogP contribution >= 0.6 is 0 Å². The van der Waals surface area contributed by atoms with Crippen molar-refractivity contribution in [3.8, 4) is 0 Å². The summed E-state index contributed by atoms with van der Waals surface area (Å²) in [5.74, 6) is 0.0487. The highest BCUT2D eigenvalue weighted by atomic mass is 16.2. The zero-order chi connectivity index (χ0) is 17.6. The molecule has 0 aliphatic carbocycles. The number of nitrogens with zero attached hydrogens (tertiary/aromatic N) is 3. The number of nitrogens with two attached hydrogens (primary N) is 1. The van der Waals surface area contributed by atoms with Crippen LogP contribution in [0.4, 0.5) is 10.5 Å².